The van der Waals surface area contributed by atoms with E-state index in [9.17, 15) is 4.79 Å². The second-order valence-electron chi connectivity index (χ2n) is 3.06. The van der Waals surface area contributed by atoms with Crippen molar-refractivity contribution in [3.63, 3.8) is 0 Å². The maximum Gasteiger partial charge on any atom is 0.163 e. The Morgan fingerprint density at radius 2 is 2.20 bits per heavy atom. The number of Topliss-reactive ketones (excluding diaryl/α,β-unsaturated/α-hetero) is 1. The first-order valence-electron chi connectivity index (χ1n) is 4.65. The van der Waals surface area contributed by atoms with Gasteiger partial charge in [0.05, 0.1) is 17.2 Å². The number of halogens is 2. The second-order valence-corrected chi connectivity index (χ2v) is 3.85. The molecular formula is C11H12Cl2O2. The molecule has 0 saturated carbocycles. The number of hydrogen-bond acceptors (Lipinski definition) is 2. The van der Waals surface area contributed by atoms with E-state index in [-0.39, 0.29) is 5.78 Å². The fourth-order valence-electron chi connectivity index (χ4n) is 1.16. The molecule has 1 rings (SSSR count). The van der Waals surface area contributed by atoms with Gasteiger partial charge in [0.1, 0.15) is 5.75 Å². The summed E-state index contributed by atoms with van der Waals surface area (Å²) in [5, 5.41) is 0.456. The van der Waals surface area contributed by atoms with Gasteiger partial charge in [-0.15, -0.1) is 11.6 Å². The van der Waals surface area contributed by atoms with Crippen LogP contribution in [-0.4, -0.2) is 18.3 Å². The summed E-state index contributed by atoms with van der Waals surface area (Å²) in [6.07, 6.45) is 0.726. The Hall–Kier alpha value is -0.730. The number of para-hydroxylation sites is 1. The summed E-state index contributed by atoms with van der Waals surface area (Å²) in [5.74, 6) is 0.926. The van der Waals surface area contributed by atoms with Gasteiger partial charge in [-0.25, -0.2) is 0 Å². The lowest BCUT2D eigenvalue weighted by Crippen LogP contribution is -2.03. The first-order valence-corrected chi connectivity index (χ1v) is 5.56. The number of rotatable bonds is 5. The van der Waals surface area contributed by atoms with E-state index >= 15 is 0 Å². The molecule has 0 aliphatic carbocycles. The van der Waals surface area contributed by atoms with Gasteiger partial charge in [-0.2, -0.15) is 0 Å². The number of ketones is 1. The van der Waals surface area contributed by atoms with Crippen LogP contribution in [0.2, 0.25) is 5.02 Å². The summed E-state index contributed by atoms with van der Waals surface area (Å²) in [6, 6.07) is 5.13. The van der Waals surface area contributed by atoms with Crippen molar-refractivity contribution in [3.8, 4) is 5.75 Å². The largest absolute Gasteiger partial charge is 0.491 e. The van der Waals surface area contributed by atoms with E-state index in [1.165, 1.54) is 6.92 Å². The number of hydrogen-bond donors (Lipinski definition) is 0. The monoisotopic (exact) mass is 246 g/mol. The average Bonchev–Trinajstić information content (AvgIpc) is 2.20. The van der Waals surface area contributed by atoms with Gasteiger partial charge in [-0.3, -0.25) is 4.79 Å². The highest BCUT2D eigenvalue weighted by atomic mass is 35.5. The number of benzene rings is 1. The van der Waals surface area contributed by atoms with Crippen molar-refractivity contribution in [1.82, 2.24) is 0 Å². The zero-order chi connectivity index (χ0) is 11.3. The van der Waals surface area contributed by atoms with Gasteiger partial charge in [-0.05, 0) is 25.5 Å². The molecule has 15 heavy (non-hydrogen) atoms. The first-order chi connectivity index (χ1) is 7.16. The minimum Gasteiger partial charge on any atom is -0.491 e. The zero-order valence-electron chi connectivity index (χ0n) is 8.43. The molecule has 1 aromatic rings. The molecule has 0 saturated heterocycles. The standard InChI is InChI=1S/C11H12Cl2O2/c1-8(14)9-4-2-5-10(13)11(9)15-7-3-6-12/h2,4-5H,3,6-7H2,1H3. The van der Waals surface area contributed by atoms with Crippen LogP contribution in [0.4, 0.5) is 0 Å². The highest BCUT2D eigenvalue weighted by molar-refractivity contribution is 6.32. The Morgan fingerprint density at radius 1 is 1.47 bits per heavy atom. The van der Waals surface area contributed by atoms with Crippen molar-refractivity contribution in [2.75, 3.05) is 12.5 Å². The van der Waals surface area contributed by atoms with Crippen LogP contribution < -0.4 is 4.74 Å². The van der Waals surface area contributed by atoms with Crippen LogP contribution in [0.1, 0.15) is 23.7 Å². The quantitative estimate of drug-likeness (QED) is 0.452. The minimum absolute atomic E-state index is 0.0571. The van der Waals surface area contributed by atoms with Gasteiger partial charge in [-0.1, -0.05) is 17.7 Å². The predicted octanol–water partition coefficient (Wildman–Crippen LogP) is 3.55. The Balaban J connectivity index is 2.87. The minimum atomic E-state index is -0.0571. The Bertz CT molecular complexity index is 350. The third-order valence-corrected chi connectivity index (χ3v) is 2.44. The van der Waals surface area contributed by atoms with Gasteiger partial charge in [0.2, 0.25) is 0 Å². The Kier molecular flexibility index (Phi) is 4.92. The number of alkyl halides is 1. The lowest BCUT2D eigenvalue weighted by molar-refractivity contribution is 0.101. The zero-order valence-corrected chi connectivity index (χ0v) is 9.94. The van der Waals surface area contributed by atoms with E-state index < -0.39 is 0 Å². The van der Waals surface area contributed by atoms with Crippen molar-refractivity contribution in [3.05, 3.63) is 28.8 Å². The van der Waals surface area contributed by atoms with E-state index in [4.69, 9.17) is 27.9 Å². The maximum atomic E-state index is 11.3. The summed E-state index contributed by atoms with van der Waals surface area (Å²) in [7, 11) is 0. The van der Waals surface area contributed by atoms with Crippen LogP contribution in [0.25, 0.3) is 0 Å². The Morgan fingerprint density at radius 3 is 2.80 bits per heavy atom. The molecule has 0 aliphatic heterocycles. The van der Waals surface area contributed by atoms with Crippen molar-refractivity contribution in [2.45, 2.75) is 13.3 Å². The second kappa shape index (κ2) is 5.99. The molecule has 4 heteroatoms. The fourth-order valence-corrected chi connectivity index (χ4v) is 1.50. The highest BCUT2D eigenvalue weighted by Gasteiger charge is 2.11. The summed E-state index contributed by atoms with van der Waals surface area (Å²) >= 11 is 11.5. The van der Waals surface area contributed by atoms with E-state index in [0.29, 0.717) is 28.8 Å². The maximum absolute atomic E-state index is 11.3. The fraction of sp³-hybridized carbons (Fsp3) is 0.364. The van der Waals surface area contributed by atoms with Crippen molar-refractivity contribution in [2.24, 2.45) is 0 Å². The third-order valence-electron chi connectivity index (χ3n) is 1.87. The number of carbonyl (C=O) groups excluding carboxylic acids is 1. The lowest BCUT2D eigenvalue weighted by atomic mass is 10.1. The molecule has 0 bridgehead atoms. The van der Waals surface area contributed by atoms with E-state index in [0.717, 1.165) is 6.42 Å². The molecule has 0 unspecified atom stereocenters. The van der Waals surface area contributed by atoms with Crippen molar-refractivity contribution >= 4 is 29.0 Å². The van der Waals surface area contributed by atoms with Crippen molar-refractivity contribution < 1.29 is 9.53 Å². The molecular weight excluding hydrogens is 235 g/mol. The summed E-state index contributed by atoms with van der Waals surface area (Å²) in [4.78, 5) is 11.3. The summed E-state index contributed by atoms with van der Waals surface area (Å²) in [5.41, 5.74) is 0.511. The molecule has 0 fully saturated rings. The third kappa shape index (κ3) is 3.40. The highest BCUT2D eigenvalue weighted by Crippen LogP contribution is 2.29. The molecule has 0 aromatic heterocycles. The molecule has 82 valence electrons. The summed E-state index contributed by atoms with van der Waals surface area (Å²) < 4.78 is 5.43. The molecule has 0 heterocycles. The van der Waals surface area contributed by atoms with Crippen LogP contribution in [-0.2, 0) is 0 Å². The number of carbonyl (C=O) groups is 1. The van der Waals surface area contributed by atoms with Gasteiger partial charge >= 0.3 is 0 Å². The van der Waals surface area contributed by atoms with Gasteiger partial charge in [0.15, 0.2) is 5.78 Å². The van der Waals surface area contributed by atoms with Gasteiger partial charge in [0.25, 0.3) is 0 Å². The van der Waals surface area contributed by atoms with Gasteiger partial charge < -0.3 is 4.74 Å². The van der Waals surface area contributed by atoms with Crippen LogP contribution in [0, 0.1) is 0 Å². The van der Waals surface area contributed by atoms with E-state index in [1.807, 2.05) is 0 Å². The van der Waals surface area contributed by atoms with Gasteiger partial charge in [0, 0.05) is 5.88 Å². The van der Waals surface area contributed by atoms with Crippen LogP contribution >= 0.6 is 23.2 Å². The predicted molar refractivity (Wildman–Crippen MR) is 62.3 cm³/mol. The summed E-state index contributed by atoms with van der Waals surface area (Å²) in [6.45, 7) is 1.95. The van der Waals surface area contributed by atoms with Crippen LogP contribution in [0.5, 0.6) is 5.75 Å². The molecule has 0 aliphatic rings. The molecule has 0 N–H and O–H groups in total. The molecule has 0 radical (unpaired) electrons. The van der Waals surface area contributed by atoms with E-state index in [1.54, 1.807) is 18.2 Å². The smallest absolute Gasteiger partial charge is 0.163 e. The van der Waals surface area contributed by atoms with Crippen LogP contribution in [0.3, 0.4) is 0 Å². The molecule has 0 atom stereocenters. The molecule has 0 spiro atoms. The Labute approximate surface area is 99.1 Å². The SMILES string of the molecule is CC(=O)c1cccc(Cl)c1OCCCCl. The molecule has 1 aromatic carbocycles. The first kappa shape index (κ1) is 12.3. The number of ether oxygens (including phenoxy) is 1. The van der Waals surface area contributed by atoms with E-state index in [2.05, 4.69) is 0 Å². The van der Waals surface area contributed by atoms with Crippen molar-refractivity contribution in [1.29, 1.82) is 0 Å². The normalized spacial score (nSPS) is 10.1. The average molecular weight is 247 g/mol. The molecule has 0 amide bonds. The lowest BCUT2D eigenvalue weighted by Gasteiger charge is -2.10. The van der Waals surface area contributed by atoms with Crippen LogP contribution in [0.15, 0.2) is 18.2 Å². The molecule has 2 nitrogen and oxygen atoms in total. The topological polar surface area (TPSA) is 26.3 Å².